The number of hydrogen-bond donors (Lipinski definition) is 1. The second-order valence-electron chi connectivity index (χ2n) is 3.72. The maximum Gasteiger partial charge on any atom is 0.142 e. The van der Waals surface area contributed by atoms with Crippen molar-refractivity contribution in [3.63, 3.8) is 0 Å². The Hall–Kier alpha value is -1.33. The Morgan fingerprint density at radius 3 is 2.94 bits per heavy atom. The first-order valence-corrected chi connectivity index (χ1v) is 6.39. The van der Waals surface area contributed by atoms with Gasteiger partial charge < -0.3 is 5.32 Å². The topological polar surface area (TPSA) is 37.8 Å². The zero-order valence-electron chi connectivity index (χ0n) is 9.77. The molecule has 0 radical (unpaired) electrons. The van der Waals surface area contributed by atoms with Gasteiger partial charge in [-0.3, -0.25) is 4.98 Å². The van der Waals surface area contributed by atoms with Crippen LogP contribution in [0.1, 0.15) is 25.6 Å². The van der Waals surface area contributed by atoms with Gasteiger partial charge in [0.1, 0.15) is 10.8 Å². The van der Waals surface area contributed by atoms with Crippen LogP contribution in [0.25, 0.3) is 10.7 Å². The summed E-state index contributed by atoms with van der Waals surface area (Å²) < 4.78 is 12.7. The molecule has 0 amide bonds. The van der Waals surface area contributed by atoms with Gasteiger partial charge in [-0.05, 0) is 25.6 Å². The molecular formula is C12H14FN3S. The fourth-order valence-electron chi connectivity index (χ4n) is 1.52. The summed E-state index contributed by atoms with van der Waals surface area (Å²) in [6.45, 7) is 5.04. The predicted molar refractivity (Wildman–Crippen MR) is 67.4 cm³/mol. The third kappa shape index (κ3) is 2.87. The molecular weight excluding hydrogens is 237 g/mol. The minimum Gasteiger partial charge on any atom is -0.309 e. The number of rotatable bonds is 4. The molecule has 1 N–H and O–H groups in total. The van der Waals surface area contributed by atoms with Crippen LogP contribution in [-0.2, 0) is 0 Å². The molecule has 2 aromatic heterocycles. The zero-order chi connectivity index (χ0) is 12.3. The Morgan fingerprint density at radius 1 is 1.47 bits per heavy atom. The molecule has 5 heteroatoms. The Bertz CT molecular complexity index is 481. The van der Waals surface area contributed by atoms with E-state index in [1.54, 1.807) is 6.07 Å². The summed E-state index contributed by atoms with van der Waals surface area (Å²) in [4.78, 5) is 8.52. The van der Waals surface area contributed by atoms with Crippen molar-refractivity contribution in [3.05, 3.63) is 35.2 Å². The molecule has 0 aliphatic heterocycles. The average Bonchev–Trinajstić information content (AvgIpc) is 2.80. The van der Waals surface area contributed by atoms with E-state index in [0.29, 0.717) is 5.69 Å². The monoisotopic (exact) mass is 251 g/mol. The molecule has 0 bridgehead atoms. The maximum absolute atomic E-state index is 12.7. The van der Waals surface area contributed by atoms with E-state index in [2.05, 4.69) is 29.1 Å². The molecule has 2 aromatic rings. The lowest BCUT2D eigenvalue weighted by atomic mass is 10.2. The summed E-state index contributed by atoms with van der Waals surface area (Å²) >= 11 is 1.53. The van der Waals surface area contributed by atoms with Gasteiger partial charge in [-0.15, -0.1) is 11.3 Å². The van der Waals surface area contributed by atoms with E-state index in [4.69, 9.17) is 0 Å². The van der Waals surface area contributed by atoms with E-state index in [9.17, 15) is 4.39 Å². The van der Waals surface area contributed by atoms with Crippen molar-refractivity contribution in [3.8, 4) is 10.7 Å². The minimum absolute atomic E-state index is 0.227. The van der Waals surface area contributed by atoms with Crippen molar-refractivity contribution in [2.75, 3.05) is 6.54 Å². The van der Waals surface area contributed by atoms with Crippen LogP contribution >= 0.6 is 11.3 Å². The molecule has 0 spiro atoms. The lowest BCUT2D eigenvalue weighted by Gasteiger charge is -2.08. The quantitative estimate of drug-likeness (QED) is 0.907. The SMILES string of the molecule is CCNC(C)c1csc(-c2ccc(F)cn2)n1. The molecule has 3 nitrogen and oxygen atoms in total. The summed E-state index contributed by atoms with van der Waals surface area (Å²) in [6.07, 6.45) is 1.21. The van der Waals surface area contributed by atoms with Crippen LogP contribution in [0, 0.1) is 5.82 Å². The lowest BCUT2D eigenvalue weighted by molar-refractivity contribution is 0.586. The zero-order valence-corrected chi connectivity index (χ0v) is 10.6. The highest BCUT2D eigenvalue weighted by Crippen LogP contribution is 2.24. The van der Waals surface area contributed by atoms with Crippen LogP contribution in [0.3, 0.4) is 0 Å². The van der Waals surface area contributed by atoms with E-state index in [0.717, 1.165) is 17.2 Å². The van der Waals surface area contributed by atoms with Crippen molar-refractivity contribution in [1.82, 2.24) is 15.3 Å². The molecule has 0 aliphatic carbocycles. The van der Waals surface area contributed by atoms with Crippen molar-refractivity contribution in [1.29, 1.82) is 0 Å². The molecule has 0 aromatic carbocycles. The normalized spacial score (nSPS) is 12.6. The smallest absolute Gasteiger partial charge is 0.142 e. The van der Waals surface area contributed by atoms with Gasteiger partial charge in [-0.25, -0.2) is 9.37 Å². The van der Waals surface area contributed by atoms with Crippen molar-refractivity contribution >= 4 is 11.3 Å². The predicted octanol–water partition coefficient (Wildman–Crippen LogP) is 3.01. The van der Waals surface area contributed by atoms with Crippen LogP contribution in [0.4, 0.5) is 4.39 Å². The molecule has 2 heterocycles. The molecule has 90 valence electrons. The summed E-state index contributed by atoms with van der Waals surface area (Å²) in [6, 6.07) is 3.28. The van der Waals surface area contributed by atoms with Crippen LogP contribution in [0.2, 0.25) is 0 Å². The molecule has 0 saturated heterocycles. The first-order valence-electron chi connectivity index (χ1n) is 5.51. The average molecular weight is 251 g/mol. The van der Waals surface area contributed by atoms with Gasteiger partial charge in [-0.2, -0.15) is 0 Å². The third-order valence-corrected chi connectivity index (χ3v) is 3.31. The highest BCUT2D eigenvalue weighted by atomic mass is 32.1. The number of pyridine rings is 1. The van der Waals surface area contributed by atoms with Crippen LogP contribution < -0.4 is 5.32 Å². The van der Waals surface area contributed by atoms with Gasteiger partial charge in [0, 0.05) is 11.4 Å². The van der Waals surface area contributed by atoms with Gasteiger partial charge in [0.2, 0.25) is 0 Å². The highest BCUT2D eigenvalue weighted by Gasteiger charge is 2.10. The second kappa shape index (κ2) is 5.33. The first kappa shape index (κ1) is 12.1. The van der Waals surface area contributed by atoms with Gasteiger partial charge >= 0.3 is 0 Å². The maximum atomic E-state index is 12.7. The number of halogens is 1. The van der Waals surface area contributed by atoms with E-state index >= 15 is 0 Å². The van der Waals surface area contributed by atoms with Gasteiger partial charge in [0.15, 0.2) is 0 Å². The molecule has 2 rings (SSSR count). The van der Waals surface area contributed by atoms with Crippen molar-refractivity contribution in [2.45, 2.75) is 19.9 Å². The van der Waals surface area contributed by atoms with Gasteiger partial charge in [-0.1, -0.05) is 6.92 Å². The van der Waals surface area contributed by atoms with E-state index in [-0.39, 0.29) is 11.9 Å². The molecule has 17 heavy (non-hydrogen) atoms. The fourth-order valence-corrected chi connectivity index (χ4v) is 2.40. The van der Waals surface area contributed by atoms with Gasteiger partial charge in [0.25, 0.3) is 0 Å². The third-order valence-electron chi connectivity index (χ3n) is 2.42. The van der Waals surface area contributed by atoms with E-state index < -0.39 is 0 Å². The fraction of sp³-hybridized carbons (Fsp3) is 0.333. The summed E-state index contributed by atoms with van der Waals surface area (Å²) in [5, 5.41) is 6.13. The van der Waals surface area contributed by atoms with E-state index in [1.165, 1.54) is 23.6 Å². The van der Waals surface area contributed by atoms with Crippen LogP contribution in [0.5, 0.6) is 0 Å². The molecule has 0 aliphatic rings. The Morgan fingerprint density at radius 2 is 2.29 bits per heavy atom. The standard InChI is InChI=1S/C12H14FN3S/c1-3-14-8(2)11-7-17-12(16-11)10-5-4-9(13)6-15-10/h4-8,14H,3H2,1-2H3. The Kier molecular flexibility index (Phi) is 3.81. The van der Waals surface area contributed by atoms with E-state index in [1.807, 2.05) is 5.38 Å². The Balaban J connectivity index is 2.20. The summed E-state index contributed by atoms with van der Waals surface area (Å²) in [5.74, 6) is -0.327. The number of nitrogens with zero attached hydrogens (tertiary/aromatic N) is 2. The first-order chi connectivity index (χ1) is 8.20. The molecule has 0 saturated carbocycles. The molecule has 1 atom stereocenters. The highest BCUT2D eigenvalue weighted by molar-refractivity contribution is 7.13. The Labute approximate surface area is 104 Å². The number of thiazole rings is 1. The summed E-state index contributed by atoms with van der Waals surface area (Å²) in [5.41, 5.74) is 1.71. The number of nitrogens with one attached hydrogen (secondary N) is 1. The minimum atomic E-state index is -0.327. The van der Waals surface area contributed by atoms with Crippen molar-refractivity contribution in [2.24, 2.45) is 0 Å². The largest absolute Gasteiger partial charge is 0.309 e. The van der Waals surface area contributed by atoms with Crippen molar-refractivity contribution < 1.29 is 4.39 Å². The van der Waals surface area contributed by atoms with Crippen LogP contribution in [-0.4, -0.2) is 16.5 Å². The number of aromatic nitrogens is 2. The lowest BCUT2D eigenvalue weighted by Crippen LogP contribution is -2.17. The summed E-state index contributed by atoms with van der Waals surface area (Å²) in [7, 11) is 0. The molecule has 1 unspecified atom stereocenters. The van der Waals surface area contributed by atoms with Gasteiger partial charge in [0.05, 0.1) is 17.6 Å². The molecule has 0 fully saturated rings. The number of hydrogen-bond acceptors (Lipinski definition) is 4. The second-order valence-corrected chi connectivity index (χ2v) is 4.58. The van der Waals surface area contributed by atoms with Crippen LogP contribution in [0.15, 0.2) is 23.7 Å².